The molecular formula is C19H16BrFIN3O. The fourth-order valence-electron chi connectivity index (χ4n) is 3.57. The van der Waals surface area contributed by atoms with Crippen LogP contribution in [0, 0.1) is 9.39 Å². The largest absolute Gasteiger partial charge is 0.307 e. The van der Waals surface area contributed by atoms with Gasteiger partial charge in [0.1, 0.15) is 5.82 Å². The van der Waals surface area contributed by atoms with Crippen molar-refractivity contribution in [2.75, 3.05) is 5.32 Å². The van der Waals surface area contributed by atoms with Gasteiger partial charge in [0.2, 0.25) is 5.95 Å². The molecule has 1 heterocycles. The third-order valence-corrected chi connectivity index (χ3v) is 6.09. The SMILES string of the molecule is O=C(Nc1nc2ccc(I)cc2n1C1CCCC1)c1c(F)cccc1Br. The van der Waals surface area contributed by atoms with Crippen LogP contribution in [0.1, 0.15) is 42.1 Å². The number of amides is 1. The minimum Gasteiger partial charge on any atom is -0.307 e. The fourth-order valence-corrected chi connectivity index (χ4v) is 4.56. The maximum Gasteiger partial charge on any atom is 0.262 e. The number of aromatic nitrogens is 2. The predicted molar refractivity (Wildman–Crippen MR) is 112 cm³/mol. The first-order valence-corrected chi connectivity index (χ1v) is 10.3. The third-order valence-electron chi connectivity index (χ3n) is 4.76. The van der Waals surface area contributed by atoms with E-state index in [2.05, 4.69) is 59.5 Å². The van der Waals surface area contributed by atoms with Gasteiger partial charge in [-0.2, -0.15) is 0 Å². The van der Waals surface area contributed by atoms with Gasteiger partial charge in [-0.3, -0.25) is 10.1 Å². The van der Waals surface area contributed by atoms with Gasteiger partial charge in [-0.15, -0.1) is 0 Å². The van der Waals surface area contributed by atoms with Gasteiger partial charge < -0.3 is 4.57 Å². The van der Waals surface area contributed by atoms with Gasteiger partial charge >= 0.3 is 0 Å². The maximum atomic E-state index is 14.1. The van der Waals surface area contributed by atoms with Gasteiger partial charge in [0, 0.05) is 14.1 Å². The Bertz CT molecular complexity index is 978. The van der Waals surface area contributed by atoms with Crippen LogP contribution in [-0.2, 0) is 0 Å². The highest BCUT2D eigenvalue weighted by Crippen LogP contribution is 2.36. The molecule has 2 aromatic carbocycles. The lowest BCUT2D eigenvalue weighted by atomic mass is 10.2. The van der Waals surface area contributed by atoms with Crippen molar-refractivity contribution < 1.29 is 9.18 Å². The zero-order chi connectivity index (χ0) is 18.3. The number of benzene rings is 2. The van der Waals surface area contributed by atoms with Gasteiger partial charge in [0.05, 0.1) is 16.6 Å². The van der Waals surface area contributed by atoms with Gasteiger partial charge in [-0.25, -0.2) is 9.37 Å². The average molecular weight is 528 g/mol. The molecule has 3 aromatic rings. The summed E-state index contributed by atoms with van der Waals surface area (Å²) in [6.45, 7) is 0. The fraction of sp³-hybridized carbons (Fsp3) is 0.263. The van der Waals surface area contributed by atoms with Crippen molar-refractivity contribution in [3.8, 4) is 0 Å². The Morgan fingerprint density at radius 3 is 2.77 bits per heavy atom. The normalized spacial score (nSPS) is 14.9. The van der Waals surface area contributed by atoms with E-state index >= 15 is 0 Å². The van der Waals surface area contributed by atoms with Crippen molar-refractivity contribution >= 4 is 61.4 Å². The zero-order valence-corrected chi connectivity index (χ0v) is 17.5. The van der Waals surface area contributed by atoms with Crippen LogP contribution in [0.4, 0.5) is 10.3 Å². The first-order chi connectivity index (χ1) is 12.5. The molecule has 0 radical (unpaired) electrons. The Morgan fingerprint density at radius 1 is 1.27 bits per heavy atom. The summed E-state index contributed by atoms with van der Waals surface area (Å²) in [5, 5.41) is 2.83. The number of halogens is 3. The topological polar surface area (TPSA) is 46.9 Å². The first-order valence-electron chi connectivity index (χ1n) is 8.47. The molecule has 0 spiro atoms. The van der Waals surface area contributed by atoms with Crippen molar-refractivity contribution in [2.24, 2.45) is 0 Å². The van der Waals surface area contributed by atoms with Crippen molar-refractivity contribution in [2.45, 2.75) is 31.7 Å². The number of carbonyl (C=O) groups is 1. The molecule has 4 rings (SSSR count). The van der Waals surface area contributed by atoms with Crippen molar-refractivity contribution in [3.63, 3.8) is 0 Å². The van der Waals surface area contributed by atoms with Crippen LogP contribution in [-0.4, -0.2) is 15.5 Å². The summed E-state index contributed by atoms with van der Waals surface area (Å²) in [7, 11) is 0. The van der Waals surface area contributed by atoms with Crippen molar-refractivity contribution in [3.05, 3.63) is 55.8 Å². The van der Waals surface area contributed by atoms with E-state index in [1.54, 1.807) is 12.1 Å². The van der Waals surface area contributed by atoms with E-state index in [-0.39, 0.29) is 5.56 Å². The first kappa shape index (κ1) is 17.9. The summed E-state index contributed by atoms with van der Waals surface area (Å²) in [4.78, 5) is 17.3. The molecule has 1 aliphatic rings. The lowest BCUT2D eigenvalue weighted by Gasteiger charge is -2.17. The molecule has 1 aliphatic carbocycles. The molecule has 7 heteroatoms. The number of nitrogens with one attached hydrogen (secondary N) is 1. The second kappa shape index (κ2) is 7.26. The van der Waals surface area contributed by atoms with Crippen LogP contribution < -0.4 is 5.32 Å². The van der Waals surface area contributed by atoms with Gasteiger partial charge in [0.25, 0.3) is 5.91 Å². The van der Waals surface area contributed by atoms with E-state index in [0.29, 0.717) is 16.5 Å². The van der Waals surface area contributed by atoms with Crippen LogP contribution >= 0.6 is 38.5 Å². The summed E-state index contributed by atoms with van der Waals surface area (Å²) in [6.07, 6.45) is 4.45. The lowest BCUT2D eigenvalue weighted by molar-refractivity contribution is 0.102. The monoisotopic (exact) mass is 527 g/mol. The summed E-state index contributed by atoms with van der Waals surface area (Å²) in [6, 6.07) is 10.8. The van der Waals surface area contributed by atoms with Crippen molar-refractivity contribution in [1.82, 2.24) is 9.55 Å². The van der Waals surface area contributed by atoms with E-state index in [1.807, 2.05) is 12.1 Å². The zero-order valence-electron chi connectivity index (χ0n) is 13.8. The minimum absolute atomic E-state index is 0.00731. The third kappa shape index (κ3) is 3.26. The highest BCUT2D eigenvalue weighted by atomic mass is 127. The van der Waals surface area contributed by atoms with E-state index < -0.39 is 11.7 Å². The van der Waals surface area contributed by atoms with Crippen LogP contribution in [0.25, 0.3) is 11.0 Å². The molecule has 26 heavy (non-hydrogen) atoms. The Balaban J connectivity index is 1.78. The highest BCUT2D eigenvalue weighted by Gasteiger charge is 2.25. The van der Waals surface area contributed by atoms with E-state index in [9.17, 15) is 9.18 Å². The molecule has 1 N–H and O–H groups in total. The van der Waals surface area contributed by atoms with Crippen molar-refractivity contribution in [1.29, 1.82) is 0 Å². The molecule has 0 saturated heterocycles. The molecule has 1 fully saturated rings. The summed E-state index contributed by atoms with van der Waals surface area (Å²) in [5.41, 5.74) is 1.83. The Labute approximate surface area is 172 Å². The second-order valence-corrected chi connectivity index (χ2v) is 8.53. The number of rotatable bonds is 3. The molecule has 134 valence electrons. The van der Waals surface area contributed by atoms with Crippen LogP contribution in [0.2, 0.25) is 0 Å². The molecule has 1 amide bonds. The molecule has 0 bridgehead atoms. The van der Waals surface area contributed by atoms with E-state index in [1.165, 1.54) is 18.9 Å². The van der Waals surface area contributed by atoms with Gasteiger partial charge in [0.15, 0.2) is 0 Å². The van der Waals surface area contributed by atoms with Gasteiger partial charge in [-0.1, -0.05) is 18.9 Å². The average Bonchev–Trinajstić information content (AvgIpc) is 3.21. The molecule has 0 atom stereocenters. The maximum absolute atomic E-state index is 14.1. The highest BCUT2D eigenvalue weighted by molar-refractivity contribution is 14.1. The quantitative estimate of drug-likeness (QED) is 0.430. The lowest BCUT2D eigenvalue weighted by Crippen LogP contribution is -2.19. The standard InChI is InChI=1S/C19H16BrFIN3O/c20-13-6-3-7-14(21)17(13)18(26)24-19-23-15-9-8-11(22)10-16(15)25(19)12-4-1-2-5-12/h3,6-10,12H,1-2,4-5H2,(H,23,24,26). The Morgan fingerprint density at radius 2 is 2.04 bits per heavy atom. The van der Waals surface area contributed by atoms with Crippen LogP contribution in [0.15, 0.2) is 40.9 Å². The van der Waals surface area contributed by atoms with Gasteiger partial charge in [-0.05, 0) is 81.7 Å². The minimum atomic E-state index is -0.560. The Kier molecular flexibility index (Phi) is 5.00. The Hall–Kier alpha value is -1.48. The molecule has 0 unspecified atom stereocenters. The number of hydrogen-bond donors (Lipinski definition) is 1. The molecular weight excluding hydrogens is 512 g/mol. The van der Waals surface area contributed by atoms with E-state index in [4.69, 9.17) is 0 Å². The molecule has 1 saturated carbocycles. The van der Waals surface area contributed by atoms with Crippen LogP contribution in [0.5, 0.6) is 0 Å². The number of carbonyl (C=O) groups excluding carboxylic acids is 1. The number of imidazole rings is 1. The summed E-state index contributed by atoms with van der Waals surface area (Å²) >= 11 is 5.54. The number of nitrogens with zero attached hydrogens (tertiary/aromatic N) is 2. The van der Waals surface area contributed by atoms with E-state index in [0.717, 1.165) is 27.4 Å². The summed E-state index contributed by atoms with van der Waals surface area (Å²) < 4.78 is 17.8. The molecule has 1 aromatic heterocycles. The number of fused-ring (bicyclic) bond motifs is 1. The van der Waals surface area contributed by atoms with Crippen LogP contribution in [0.3, 0.4) is 0 Å². The number of hydrogen-bond acceptors (Lipinski definition) is 2. The summed E-state index contributed by atoms with van der Waals surface area (Å²) in [5.74, 6) is -0.580. The smallest absolute Gasteiger partial charge is 0.262 e. The second-order valence-electron chi connectivity index (χ2n) is 6.43. The number of anilines is 1. The predicted octanol–water partition coefficient (Wildman–Crippen LogP) is 5.91. The molecule has 0 aliphatic heterocycles. The molecule has 4 nitrogen and oxygen atoms in total.